The first-order valence-electron chi connectivity index (χ1n) is 11.1. The molecule has 1 heterocycles. The Bertz CT molecular complexity index is 756. The molecule has 1 aromatic rings. The minimum absolute atomic E-state index is 0.359. The molecule has 1 saturated heterocycles. The maximum Gasteiger partial charge on any atom is 0.436 e. The highest BCUT2D eigenvalue weighted by Crippen LogP contribution is 2.23. The summed E-state index contributed by atoms with van der Waals surface area (Å²) in [7, 11) is 7.59. The number of hydrogen-bond acceptors (Lipinski definition) is 8. The molecule has 1 amide bonds. The molecule has 1 N–H and O–H groups in total. The molecule has 0 bridgehead atoms. The van der Waals surface area contributed by atoms with Crippen LogP contribution in [0.5, 0.6) is 5.75 Å². The molecule has 0 aliphatic carbocycles. The van der Waals surface area contributed by atoms with Gasteiger partial charge in [-0.1, -0.05) is 5.16 Å². The molecular weight excluding hydrogens is 440 g/mol. The second-order valence-electron chi connectivity index (χ2n) is 8.15. The third kappa shape index (κ3) is 11.0. The number of carbonyl (C=O) groups is 1. The van der Waals surface area contributed by atoms with Crippen molar-refractivity contribution in [1.82, 2.24) is 20.0 Å². The normalized spacial score (nSPS) is 14.5. The molecule has 186 valence electrons. The van der Waals surface area contributed by atoms with E-state index in [0.717, 1.165) is 54.4 Å². The van der Waals surface area contributed by atoms with Crippen molar-refractivity contribution >= 4 is 31.3 Å². The molecule has 2 rings (SSSR count). The highest BCUT2D eigenvalue weighted by Gasteiger charge is 2.22. The fourth-order valence-corrected chi connectivity index (χ4v) is 3.35. The Labute approximate surface area is 204 Å². The summed E-state index contributed by atoms with van der Waals surface area (Å²) in [5.41, 5.74) is 2.32. The second-order valence-corrected chi connectivity index (χ2v) is 8.60. The van der Waals surface area contributed by atoms with Crippen molar-refractivity contribution in [1.29, 1.82) is 0 Å². The maximum absolute atomic E-state index is 11.9. The Morgan fingerprint density at radius 2 is 1.82 bits per heavy atom. The number of nitrogens with one attached hydrogen (secondary N) is 1. The number of rotatable bonds is 8. The van der Waals surface area contributed by atoms with Crippen LogP contribution in [0.3, 0.4) is 0 Å². The van der Waals surface area contributed by atoms with Gasteiger partial charge in [0.1, 0.15) is 5.75 Å². The molecule has 9 nitrogen and oxygen atoms in total. The molecule has 0 aromatic heterocycles. The first-order valence-corrected chi connectivity index (χ1v) is 11.5. The predicted octanol–water partition coefficient (Wildman–Crippen LogP) is 2.53. The van der Waals surface area contributed by atoms with Crippen molar-refractivity contribution < 1.29 is 14.4 Å². The lowest BCUT2D eigenvalue weighted by Gasteiger charge is -2.33. The van der Waals surface area contributed by atoms with Crippen LogP contribution in [-0.4, -0.2) is 107 Å². The molecule has 0 radical (unpaired) electrons. The molecular formula is C23H40N6O3S. The van der Waals surface area contributed by atoms with Crippen LogP contribution >= 0.6 is 12.6 Å². The molecule has 10 heteroatoms. The van der Waals surface area contributed by atoms with E-state index in [-0.39, 0.29) is 0 Å². The number of oxime groups is 1. The summed E-state index contributed by atoms with van der Waals surface area (Å²) >= 11 is 4.34. The average Bonchev–Trinajstić information content (AvgIpc) is 2.80. The number of amidine groups is 1. The highest BCUT2D eigenvalue weighted by molar-refractivity contribution is 7.80. The number of methoxy groups -OCH3 is 1. The van der Waals surface area contributed by atoms with Gasteiger partial charge in [-0.3, -0.25) is 9.74 Å². The van der Waals surface area contributed by atoms with Gasteiger partial charge in [-0.25, -0.2) is 9.79 Å². The lowest BCUT2D eigenvalue weighted by atomic mass is 10.1. The number of nitrogens with zero attached hydrogens (tertiary/aromatic N) is 5. The summed E-state index contributed by atoms with van der Waals surface area (Å²) in [6.45, 7) is 13.1. The largest absolute Gasteiger partial charge is 0.497 e. The number of hydrogen-bond donors (Lipinski definition) is 2. The molecule has 1 aromatic carbocycles. The molecule has 1 aliphatic heterocycles. The summed E-state index contributed by atoms with van der Waals surface area (Å²) in [6.07, 6.45) is 0.713. The third-order valence-electron chi connectivity index (χ3n) is 5.16. The lowest BCUT2D eigenvalue weighted by molar-refractivity contribution is 0.0774. The van der Waals surface area contributed by atoms with E-state index in [1.165, 1.54) is 0 Å². The van der Waals surface area contributed by atoms with E-state index in [9.17, 15) is 4.79 Å². The van der Waals surface area contributed by atoms with Gasteiger partial charge >= 0.3 is 6.09 Å². The summed E-state index contributed by atoms with van der Waals surface area (Å²) in [6, 6.07) is 3.96. The lowest BCUT2D eigenvalue weighted by Crippen LogP contribution is -2.49. The number of piperazine rings is 1. The van der Waals surface area contributed by atoms with Gasteiger partial charge < -0.3 is 19.9 Å². The number of benzene rings is 1. The molecule has 1 aliphatic rings. The summed E-state index contributed by atoms with van der Waals surface area (Å²) in [4.78, 5) is 27.8. The van der Waals surface area contributed by atoms with Gasteiger partial charge in [-0.05, 0) is 84.5 Å². The Hall–Kier alpha value is -2.14. The number of likely N-dealkylation sites (N-methyl/N-ethyl adjacent to an activating group) is 1. The fourth-order valence-electron chi connectivity index (χ4n) is 3.22. The monoisotopic (exact) mass is 480 g/mol. The van der Waals surface area contributed by atoms with Crippen LogP contribution in [0.1, 0.15) is 17.5 Å². The first-order chi connectivity index (χ1) is 15.7. The highest BCUT2D eigenvalue weighted by atomic mass is 32.1. The molecule has 0 spiro atoms. The quantitative estimate of drug-likeness (QED) is 0.196. The average molecular weight is 481 g/mol. The van der Waals surface area contributed by atoms with E-state index >= 15 is 0 Å². The number of thiol groups is 1. The first kappa shape index (κ1) is 28.9. The van der Waals surface area contributed by atoms with Gasteiger partial charge in [0.25, 0.3) is 0 Å². The van der Waals surface area contributed by atoms with E-state index in [1.54, 1.807) is 19.1 Å². The zero-order valence-corrected chi connectivity index (χ0v) is 21.8. The van der Waals surface area contributed by atoms with Gasteiger partial charge in [0.05, 0.1) is 13.7 Å². The zero-order chi connectivity index (χ0) is 24.8. The SMILES string of the molecule is C=N/C(CNC)=N\OC(=O)N1CCN(CCCN(C)C)CC1.COc1cc(C)c(S)c(C)c1. The van der Waals surface area contributed by atoms with Crippen molar-refractivity contribution in [2.75, 3.05) is 74.1 Å². The number of aliphatic imine (C=N–C) groups is 1. The van der Waals surface area contributed by atoms with E-state index in [1.807, 2.05) is 26.0 Å². The third-order valence-corrected chi connectivity index (χ3v) is 5.86. The Morgan fingerprint density at radius 1 is 1.21 bits per heavy atom. The van der Waals surface area contributed by atoms with Crippen LogP contribution in [0.2, 0.25) is 0 Å². The summed E-state index contributed by atoms with van der Waals surface area (Å²) < 4.78 is 5.10. The Morgan fingerprint density at radius 3 is 2.30 bits per heavy atom. The molecule has 0 atom stereocenters. The number of carbonyl (C=O) groups excluding carboxylic acids is 1. The number of amides is 1. The zero-order valence-electron chi connectivity index (χ0n) is 20.9. The summed E-state index contributed by atoms with van der Waals surface area (Å²) in [5, 5.41) is 6.59. The minimum atomic E-state index is -0.426. The van der Waals surface area contributed by atoms with Gasteiger partial charge in [0.15, 0.2) is 5.84 Å². The second kappa shape index (κ2) is 15.7. The van der Waals surface area contributed by atoms with Crippen LogP contribution in [0.15, 0.2) is 27.2 Å². The molecule has 1 fully saturated rings. The van der Waals surface area contributed by atoms with Gasteiger partial charge in [0, 0.05) is 31.1 Å². The van der Waals surface area contributed by atoms with Crippen LogP contribution in [-0.2, 0) is 4.84 Å². The fraction of sp³-hybridized carbons (Fsp3) is 0.609. The smallest absolute Gasteiger partial charge is 0.436 e. The van der Waals surface area contributed by atoms with E-state index in [4.69, 9.17) is 9.57 Å². The number of aryl methyl sites for hydroxylation is 2. The predicted molar refractivity (Wildman–Crippen MR) is 138 cm³/mol. The van der Waals surface area contributed by atoms with Crippen molar-refractivity contribution in [3.63, 3.8) is 0 Å². The van der Waals surface area contributed by atoms with Crippen LogP contribution in [0.25, 0.3) is 0 Å². The Kier molecular flexibility index (Phi) is 13.7. The maximum atomic E-state index is 11.9. The van der Waals surface area contributed by atoms with Crippen LogP contribution < -0.4 is 10.1 Å². The van der Waals surface area contributed by atoms with Gasteiger partial charge in [-0.15, -0.1) is 12.6 Å². The minimum Gasteiger partial charge on any atom is -0.497 e. The summed E-state index contributed by atoms with van der Waals surface area (Å²) in [5.74, 6) is 1.26. The number of ether oxygens (including phenoxy) is 1. The molecule has 0 saturated carbocycles. The standard InChI is InChI=1S/C14H28N6O2.C9H12OS/c1-15-12-13(16-2)17-22-14(21)20-10-8-19(9-11-20)7-5-6-18(3)4;1-6-4-8(10-3)5-7(2)9(6)11/h15H,2,5-12H2,1,3-4H3;4-5,11H,1-3H3/b17-13-;. The topological polar surface area (TPSA) is 82.0 Å². The van der Waals surface area contributed by atoms with Crippen LogP contribution in [0.4, 0.5) is 4.79 Å². The van der Waals surface area contributed by atoms with E-state index in [2.05, 4.69) is 58.7 Å². The van der Waals surface area contributed by atoms with Crippen molar-refractivity contribution in [2.24, 2.45) is 10.1 Å². The van der Waals surface area contributed by atoms with E-state index in [0.29, 0.717) is 25.5 Å². The van der Waals surface area contributed by atoms with Gasteiger partial charge in [0.2, 0.25) is 0 Å². The Balaban J connectivity index is 0.000000412. The van der Waals surface area contributed by atoms with Crippen molar-refractivity contribution in [3.05, 3.63) is 23.3 Å². The molecule has 0 unspecified atom stereocenters. The van der Waals surface area contributed by atoms with Crippen molar-refractivity contribution in [2.45, 2.75) is 25.2 Å². The van der Waals surface area contributed by atoms with Crippen LogP contribution in [0, 0.1) is 13.8 Å². The van der Waals surface area contributed by atoms with Crippen molar-refractivity contribution in [3.8, 4) is 5.75 Å². The van der Waals surface area contributed by atoms with Gasteiger partial charge in [-0.2, -0.15) is 0 Å². The van der Waals surface area contributed by atoms with E-state index < -0.39 is 6.09 Å². The molecule has 33 heavy (non-hydrogen) atoms.